The van der Waals surface area contributed by atoms with Crippen molar-refractivity contribution in [3.63, 3.8) is 0 Å². The fourth-order valence-electron chi connectivity index (χ4n) is 2.34. The van der Waals surface area contributed by atoms with Crippen molar-refractivity contribution in [1.82, 2.24) is 14.5 Å². The molecular formula is C11H18BrN3O2S. The van der Waals surface area contributed by atoms with Gasteiger partial charge in [0.1, 0.15) is 4.90 Å². The van der Waals surface area contributed by atoms with Crippen molar-refractivity contribution in [2.45, 2.75) is 36.4 Å². The standard InChI is InChI=1S/C11H18BrN3O2S/c1-7-11(8(2)14-13-7)18(16,17)15(3)6-9-4-10(12)5-9/h9-10H,4-6H2,1-3H3,(H,13,14). The van der Waals surface area contributed by atoms with Crippen LogP contribution in [0.1, 0.15) is 24.2 Å². The minimum atomic E-state index is -3.42. The van der Waals surface area contributed by atoms with E-state index in [1.807, 2.05) is 0 Å². The SMILES string of the molecule is Cc1n[nH]c(C)c1S(=O)(=O)N(C)CC1CC(Br)C1. The third-order valence-corrected chi connectivity index (χ3v) is 6.26. The van der Waals surface area contributed by atoms with Gasteiger partial charge in [-0.3, -0.25) is 5.10 Å². The molecule has 2 rings (SSSR count). The first-order valence-corrected chi connectivity index (χ1v) is 8.30. The van der Waals surface area contributed by atoms with E-state index in [0.29, 0.717) is 33.6 Å². The highest BCUT2D eigenvalue weighted by atomic mass is 79.9. The summed E-state index contributed by atoms with van der Waals surface area (Å²) in [6.45, 7) is 4.02. The van der Waals surface area contributed by atoms with Crippen LogP contribution in [0.4, 0.5) is 0 Å². The molecule has 1 aliphatic rings. The van der Waals surface area contributed by atoms with Crippen LogP contribution in [0, 0.1) is 19.8 Å². The van der Waals surface area contributed by atoms with E-state index in [4.69, 9.17) is 0 Å². The van der Waals surface area contributed by atoms with Crippen LogP contribution in [-0.4, -0.2) is 41.3 Å². The summed E-state index contributed by atoms with van der Waals surface area (Å²) < 4.78 is 26.3. The lowest BCUT2D eigenvalue weighted by Gasteiger charge is -2.34. The third kappa shape index (κ3) is 2.48. The molecule has 0 aromatic carbocycles. The topological polar surface area (TPSA) is 66.1 Å². The third-order valence-electron chi connectivity index (χ3n) is 3.42. The number of nitrogens with one attached hydrogen (secondary N) is 1. The van der Waals surface area contributed by atoms with Gasteiger partial charge in [0.2, 0.25) is 10.0 Å². The first-order chi connectivity index (χ1) is 8.32. The van der Waals surface area contributed by atoms with Gasteiger partial charge in [0.25, 0.3) is 0 Å². The monoisotopic (exact) mass is 335 g/mol. The van der Waals surface area contributed by atoms with E-state index in [9.17, 15) is 8.42 Å². The molecule has 0 saturated heterocycles. The number of hydrogen-bond donors (Lipinski definition) is 1. The van der Waals surface area contributed by atoms with Gasteiger partial charge in [0.05, 0.1) is 11.4 Å². The highest BCUT2D eigenvalue weighted by molar-refractivity contribution is 9.09. The molecule has 0 atom stereocenters. The second kappa shape index (κ2) is 4.94. The van der Waals surface area contributed by atoms with Crippen LogP contribution in [0.3, 0.4) is 0 Å². The van der Waals surface area contributed by atoms with Gasteiger partial charge in [-0.05, 0) is 32.6 Å². The van der Waals surface area contributed by atoms with Gasteiger partial charge < -0.3 is 0 Å². The number of halogens is 1. The largest absolute Gasteiger partial charge is 0.281 e. The average molecular weight is 336 g/mol. The maximum Gasteiger partial charge on any atom is 0.246 e. The number of alkyl halides is 1. The van der Waals surface area contributed by atoms with Crippen molar-refractivity contribution < 1.29 is 8.42 Å². The Hall–Kier alpha value is -0.400. The minimum absolute atomic E-state index is 0.319. The summed E-state index contributed by atoms with van der Waals surface area (Å²) in [6.07, 6.45) is 2.09. The summed E-state index contributed by atoms with van der Waals surface area (Å²) >= 11 is 3.52. The molecule has 1 saturated carbocycles. The van der Waals surface area contributed by atoms with Crippen molar-refractivity contribution >= 4 is 26.0 Å². The lowest BCUT2D eigenvalue weighted by molar-refractivity contribution is 0.275. The fourth-order valence-corrected chi connectivity index (χ4v) is 4.97. The molecule has 1 fully saturated rings. The van der Waals surface area contributed by atoms with E-state index in [0.717, 1.165) is 12.8 Å². The summed E-state index contributed by atoms with van der Waals surface area (Å²) in [4.78, 5) is 0.871. The zero-order valence-electron chi connectivity index (χ0n) is 10.8. The van der Waals surface area contributed by atoms with Gasteiger partial charge in [-0.25, -0.2) is 12.7 Å². The van der Waals surface area contributed by atoms with Crippen molar-refractivity contribution in [1.29, 1.82) is 0 Å². The van der Waals surface area contributed by atoms with Crippen molar-refractivity contribution in [2.24, 2.45) is 5.92 Å². The molecular weight excluding hydrogens is 318 g/mol. The summed E-state index contributed by atoms with van der Waals surface area (Å²) in [7, 11) is -1.78. The van der Waals surface area contributed by atoms with E-state index in [1.165, 1.54) is 4.31 Å². The number of hydrogen-bond acceptors (Lipinski definition) is 3. The van der Waals surface area contributed by atoms with Crippen LogP contribution >= 0.6 is 15.9 Å². The van der Waals surface area contributed by atoms with E-state index in [2.05, 4.69) is 26.1 Å². The molecule has 0 amide bonds. The molecule has 18 heavy (non-hydrogen) atoms. The van der Waals surface area contributed by atoms with E-state index >= 15 is 0 Å². The van der Waals surface area contributed by atoms with Crippen LogP contribution < -0.4 is 0 Å². The highest BCUT2D eigenvalue weighted by Crippen LogP contribution is 2.34. The van der Waals surface area contributed by atoms with Gasteiger partial charge in [-0.2, -0.15) is 5.10 Å². The summed E-state index contributed by atoms with van der Waals surface area (Å²) in [6, 6.07) is 0. The van der Waals surface area contributed by atoms with E-state index in [-0.39, 0.29) is 0 Å². The van der Waals surface area contributed by atoms with Gasteiger partial charge in [0, 0.05) is 18.4 Å². The van der Waals surface area contributed by atoms with Crippen molar-refractivity contribution in [2.75, 3.05) is 13.6 Å². The number of aromatic nitrogens is 2. The predicted molar refractivity (Wildman–Crippen MR) is 73.3 cm³/mol. The second-order valence-electron chi connectivity index (χ2n) is 4.98. The maximum atomic E-state index is 12.4. The maximum absolute atomic E-state index is 12.4. The summed E-state index contributed by atoms with van der Waals surface area (Å²) in [5, 5.41) is 6.67. The van der Waals surface area contributed by atoms with Crippen LogP contribution in [0.25, 0.3) is 0 Å². The molecule has 1 aromatic rings. The molecule has 0 spiro atoms. The first-order valence-electron chi connectivity index (χ1n) is 5.94. The molecule has 1 aliphatic carbocycles. The Kier molecular flexibility index (Phi) is 3.85. The van der Waals surface area contributed by atoms with Gasteiger partial charge in [-0.1, -0.05) is 15.9 Å². The number of rotatable bonds is 4. The first kappa shape index (κ1) is 14.0. The average Bonchev–Trinajstić information content (AvgIpc) is 2.56. The zero-order chi connectivity index (χ0) is 13.5. The summed E-state index contributed by atoms with van der Waals surface area (Å²) in [5.41, 5.74) is 1.14. The van der Waals surface area contributed by atoms with Gasteiger partial charge >= 0.3 is 0 Å². The molecule has 1 aromatic heterocycles. The normalized spacial score (nSPS) is 24.3. The molecule has 0 bridgehead atoms. The van der Waals surface area contributed by atoms with Crippen LogP contribution in [0.5, 0.6) is 0 Å². The van der Waals surface area contributed by atoms with Gasteiger partial charge in [-0.15, -0.1) is 0 Å². The Labute approximate surface area is 116 Å². The van der Waals surface area contributed by atoms with Crippen molar-refractivity contribution in [3.8, 4) is 0 Å². The second-order valence-corrected chi connectivity index (χ2v) is 8.26. The molecule has 5 nitrogen and oxygen atoms in total. The Morgan fingerprint density at radius 1 is 1.44 bits per heavy atom. The predicted octanol–water partition coefficient (Wildman–Crippen LogP) is 1.82. The van der Waals surface area contributed by atoms with Crippen LogP contribution in [-0.2, 0) is 10.0 Å². The van der Waals surface area contributed by atoms with Crippen LogP contribution in [0.15, 0.2) is 4.90 Å². The summed E-state index contributed by atoms with van der Waals surface area (Å²) in [5.74, 6) is 0.460. The molecule has 0 aliphatic heterocycles. The molecule has 7 heteroatoms. The van der Waals surface area contributed by atoms with E-state index < -0.39 is 10.0 Å². The lowest BCUT2D eigenvalue weighted by atomic mass is 9.85. The number of sulfonamides is 1. The number of nitrogens with zero attached hydrogens (tertiary/aromatic N) is 2. The van der Waals surface area contributed by atoms with Gasteiger partial charge in [0.15, 0.2) is 0 Å². The Balaban J connectivity index is 2.16. The fraction of sp³-hybridized carbons (Fsp3) is 0.727. The molecule has 0 radical (unpaired) electrons. The molecule has 0 unspecified atom stereocenters. The van der Waals surface area contributed by atoms with E-state index in [1.54, 1.807) is 20.9 Å². The molecule has 1 heterocycles. The van der Waals surface area contributed by atoms with Crippen molar-refractivity contribution in [3.05, 3.63) is 11.4 Å². The van der Waals surface area contributed by atoms with Crippen LogP contribution in [0.2, 0.25) is 0 Å². The highest BCUT2D eigenvalue weighted by Gasteiger charge is 2.33. The molecule has 1 N–H and O–H groups in total. The number of aryl methyl sites for hydroxylation is 2. The number of H-pyrrole nitrogens is 1. The smallest absolute Gasteiger partial charge is 0.246 e. The number of aromatic amines is 1. The Morgan fingerprint density at radius 3 is 2.50 bits per heavy atom. The zero-order valence-corrected chi connectivity index (χ0v) is 13.2. The quantitative estimate of drug-likeness (QED) is 0.853. The molecule has 102 valence electrons. The Morgan fingerprint density at radius 2 is 2.06 bits per heavy atom. The lowest BCUT2D eigenvalue weighted by Crippen LogP contribution is -2.38. The Bertz CT molecular complexity index is 515. The minimum Gasteiger partial charge on any atom is -0.281 e.